The molecule has 0 fully saturated rings. The van der Waals surface area contributed by atoms with Crippen LogP contribution in [0.25, 0.3) is 0 Å². The molecule has 1 N–H and O–H groups in total. The third-order valence-electron chi connectivity index (χ3n) is 2.07. The molecule has 0 aliphatic carbocycles. The van der Waals surface area contributed by atoms with Crippen molar-refractivity contribution < 1.29 is 9.84 Å². The molecule has 0 aliphatic heterocycles. The van der Waals surface area contributed by atoms with Gasteiger partial charge < -0.3 is 9.84 Å². The summed E-state index contributed by atoms with van der Waals surface area (Å²) in [5.41, 5.74) is 0. The van der Waals surface area contributed by atoms with Crippen LogP contribution >= 0.6 is 0 Å². The average molecular weight is 192 g/mol. The van der Waals surface area contributed by atoms with E-state index in [9.17, 15) is 5.11 Å². The summed E-state index contributed by atoms with van der Waals surface area (Å²) in [5.74, 6) is -0.443. The molecular weight excluding hydrogens is 176 g/mol. The van der Waals surface area contributed by atoms with Crippen LogP contribution < -0.4 is 4.74 Å². The molecule has 1 rings (SSSR count). The van der Waals surface area contributed by atoms with Crippen molar-refractivity contribution in [3.63, 3.8) is 0 Å². The van der Waals surface area contributed by atoms with Crippen LogP contribution in [-0.2, 0) is 0 Å². The van der Waals surface area contributed by atoms with Crippen LogP contribution in [0.5, 0.6) is 5.75 Å². The minimum Gasteiger partial charge on any atom is -0.462 e. The molecule has 1 aromatic rings. The predicted octanol–water partition coefficient (Wildman–Crippen LogP) is 2.74. The molecule has 0 saturated heterocycles. The summed E-state index contributed by atoms with van der Waals surface area (Å²) < 4.78 is 5.48. The summed E-state index contributed by atoms with van der Waals surface area (Å²) in [7, 11) is 0. The van der Waals surface area contributed by atoms with E-state index in [-0.39, 0.29) is 0 Å². The summed E-state index contributed by atoms with van der Waals surface area (Å²) in [4.78, 5) is 0. The first-order valence-electron chi connectivity index (χ1n) is 4.77. The molecule has 1 unspecified atom stereocenters. The monoisotopic (exact) mass is 192 g/mol. The van der Waals surface area contributed by atoms with Crippen LogP contribution in [0.4, 0.5) is 0 Å². The maximum atomic E-state index is 9.98. The van der Waals surface area contributed by atoms with Crippen LogP contribution in [0.1, 0.15) is 19.8 Å². The van der Waals surface area contributed by atoms with Gasteiger partial charge in [-0.1, -0.05) is 31.2 Å². The fraction of sp³-hybridized carbons (Fsp3) is 0.333. The van der Waals surface area contributed by atoms with E-state index in [1.807, 2.05) is 37.3 Å². The maximum absolute atomic E-state index is 9.98. The van der Waals surface area contributed by atoms with Crippen LogP contribution in [0.2, 0.25) is 0 Å². The summed E-state index contributed by atoms with van der Waals surface area (Å²) in [6.45, 7) is 5.48. The van der Waals surface area contributed by atoms with Gasteiger partial charge in [-0.05, 0) is 12.1 Å². The van der Waals surface area contributed by atoms with E-state index in [4.69, 9.17) is 4.74 Å². The molecule has 76 valence electrons. The van der Waals surface area contributed by atoms with E-state index in [1.54, 1.807) is 6.08 Å². The van der Waals surface area contributed by atoms with Gasteiger partial charge in [0.1, 0.15) is 5.75 Å². The van der Waals surface area contributed by atoms with Crippen molar-refractivity contribution in [2.45, 2.75) is 25.6 Å². The quantitative estimate of drug-likeness (QED) is 0.574. The van der Waals surface area contributed by atoms with E-state index >= 15 is 0 Å². The fourth-order valence-corrected chi connectivity index (χ4v) is 1.19. The number of hydrogen-bond acceptors (Lipinski definition) is 2. The summed E-state index contributed by atoms with van der Waals surface area (Å²) in [6, 6.07) is 9.30. The molecular formula is C12H16O2. The highest BCUT2D eigenvalue weighted by molar-refractivity contribution is 5.21. The molecule has 0 aliphatic rings. The Morgan fingerprint density at radius 3 is 2.57 bits per heavy atom. The van der Waals surface area contributed by atoms with Gasteiger partial charge in [0, 0.05) is 12.8 Å². The molecule has 0 heterocycles. The Morgan fingerprint density at radius 2 is 2.07 bits per heavy atom. The van der Waals surface area contributed by atoms with Crippen molar-refractivity contribution in [3.8, 4) is 5.75 Å². The lowest BCUT2D eigenvalue weighted by Gasteiger charge is -2.26. The zero-order valence-electron chi connectivity index (χ0n) is 8.44. The van der Waals surface area contributed by atoms with Crippen molar-refractivity contribution in [1.29, 1.82) is 0 Å². The average Bonchev–Trinajstić information content (AvgIpc) is 2.20. The van der Waals surface area contributed by atoms with Gasteiger partial charge in [-0.25, -0.2) is 0 Å². The molecule has 0 spiro atoms. The molecule has 0 amide bonds. The number of para-hydroxylation sites is 1. The van der Waals surface area contributed by atoms with Gasteiger partial charge in [-0.2, -0.15) is 0 Å². The van der Waals surface area contributed by atoms with Gasteiger partial charge in [-0.15, -0.1) is 6.58 Å². The predicted molar refractivity (Wildman–Crippen MR) is 57.1 cm³/mol. The normalized spacial score (nSPS) is 14.4. The van der Waals surface area contributed by atoms with E-state index in [1.165, 1.54) is 0 Å². The summed E-state index contributed by atoms with van der Waals surface area (Å²) >= 11 is 0. The number of hydrogen-bond donors (Lipinski definition) is 1. The highest BCUT2D eigenvalue weighted by Crippen LogP contribution is 2.21. The third-order valence-corrected chi connectivity index (χ3v) is 2.07. The lowest BCUT2D eigenvalue weighted by Crippen LogP contribution is -2.34. The lowest BCUT2D eigenvalue weighted by atomic mass is 10.1. The molecule has 14 heavy (non-hydrogen) atoms. The second kappa shape index (κ2) is 4.82. The second-order valence-corrected chi connectivity index (χ2v) is 3.21. The molecule has 2 nitrogen and oxygen atoms in total. The van der Waals surface area contributed by atoms with Crippen LogP contribution in [-0.4, -0.2) is 10.9 Å². The minimum absolute atomic E-state index is 0.429. The van der Waals surface area contributed by atoms with Crippen molar-refractivity contribution in [3.05, 3.63) is 43.0 Å². The van der Waals surface area contributed by atoms with Crippen molar-refractivity contribution >= 4 is 0 Å². The van der Waals surface area contributed by atoms with E-state index in [0.29, 0.717) is 18.6 Å². The smallest absolute Gasteiger partial charge is 0.211 e. The van der Waals surface area contributed by atoms with E-state index in [2.05, 4.69) is 6.58 Å². The summed E-state index contributed by atoms with van der Waals surface area (Å²) in [6.07, 6.45) is 2.62. The van der Waals surface area contributed by atoms with Crippen molar-refractivity contribution in [2.75, 3.05) is 0 Å². The highest BCUT2D eigenvalue weighted by Gasteiger charge is 2.24. The first kappa shape index (κ1) is 10.8. The Labute approximate surface area is 84.8 Å². The largest absolute Gasteiger partial charge is 0.462 e. The van der Waals surface area contributed by atoms with Crippen LogP contribution in [0, 0.1) is 0 Å². The summed E-state index contributed by atoms with van der Waals surface area (Å²) in [5, 5.41) is 9.98. The lowest BCUT2D eigenvalue weighted by molar-refractivity contribution is -0.136. The zero-order chi connectivity index (χ0) is 10.4. The van der Waals surface area contributed by atoms with Gasteiger partial charge in [-0.3, -0.25) is 0 Å². The van der Waals surface area contributed by atoms with Crippen molar-refractivity contribution in [1.82, 2.24) is 0 Å². The van der Waals surface area contributed by atoms with Gasteiger partial charge in [0.2, 0.25) is 5.79 Å². The molecule has 0 radical (unpaired) electrons. The van der Waals surface area contributed by atoms with Gasteiger partial charge in [0.25, 0.3) is 0 Å². The van der Waals surface area contributed by atoms with Gasteiger partial charge in [0.05, 0.1) is 0 Å². The SMILES string of the molecule is C=CCC(O)(CC)Oc1ccccc1. The van der Waals surface area contributed by atoms with E-state index < -0.39 is 5.79 Å². The Balaban J connectivity index is 2.70. The Kier molecular flexibility index (Phi) is 3.72. The first-order valence-corrected chi connectivity index (χ1v) is 4.77. The minimum atomic E-state index is -1.12. The Hall–Kier alpha value is -1.28. The van der Waals surface area contributed by atoms with Crippen LogP contribution in [0.15, 0.2) is 43.0 Å². The first-order chi connectivity index (χ1) is 6.70. The third kappa shape index (κ3) is 2.89. The Morgan fingerprint density at radius 1 is 1.43 bits per heavy atom. The van der Waals surface area contributed by atoms with Gasteiger partial charge in [0.15, 0.2) is 0 Å². The molecule has 2 heteroatoms. The highest BCUT2D eigenvalue weighted by atomic mass is 16.6. The fourth-order valence-electron chi connectivity index (χ4n) is 1.19. The number of benzene rings is 1. The molecule has 0 saturated carbocycles. The number of aliphatic hydroxyl groups is 1. The number of rotatable bonds is 5. The topological polar surface area (TPSA) is 29.5 Å². The molecule has 0 aromatic heterocycles. The molecule has 0 bridgehead atoms. The maximum Gasteiger partial charge on any atom is 0.211 e. The van der Waals surface area contributed by atoms with Gasteiger partial charge >= 0.3 is 0 Å². The molecule has 1 aromatic carbocycles. The molecule has 1 atom stereocenters. The zero-order valence-corrected chi connectivity index (χ0v) is 8.44. The number of ether oxygens (including phenoxy) is 1. The van der Waals surface area contributed by atoms with E-state index in [0.717, 1.165) is 0 Å². The van der Waals surface area contributed by atoms with Crippen molar-refractivity contribution in [2.24, 2.45) is 0 Å². The second-order valence-electron chi connectivity index (χ2n) is 3.21. The van der Waals surface area contributed by atoms with Crippen LogP contribution in [0.3, 0.4) is 0 Å². The standard InChI is InChI=1S/C12H16O2/c1-3-10-12(13,4-2)14-11-8-6-5-7-9-11/h3,5-9,13H,1,4,10H2,2H3. The Bertz CT molecular complexity index is 282.